The average Bonchev–Trinajstić information content (AvgIpc) is 2.58. The molecule has 0 radical (unpaired) electrons. The van der Waals surface area contributed by atoms with E-state index < -0.39 is 0 Å². The molecule has 0 saturated carbocycles. The Balaban J connectivity index is 1.92. The highest BCUT2D eigenvalue weighted by molar-refractivity contribution is 9.10. The lowest BCUT2D eigenvalue weighted by Crippen LogP contribution is -2.05. The molecular weight excluding hydrogens is 394 g/mol. The highest BCUT2D eigenvalue weighted by Gasteiger charge is 2.17. The normalized spacial score (nSPS) is 12.2. The van der Waals surface area contributed by atoms with Crippen LogP contribution in [0.3, 0.4) is 0 Å². The highest BCUT2D eigenvalue weighted by atomic mass is 79.9. The molecule has 0 fully saturated rings. The molecule has 0 saturated heterocycles. The molecule has 3 rings (SSSR count). The van der Waals surface area contributed by atoms with Crippen molar-refractivity contribution in [1.29, 1.82) is 0 Å². The van der Waals surface area contributed by atoms with Gasteiger partial charge in [-0.1, -0.05) is 45.7 Å². The lowest BCUT2D eigenvalue weighted by molar-refractivity contribution is 0.710. The fourth-order valence-corrected chi connectivity index (χ4v) is 3.79. The summed E-state index contributed by atoms with van der Waals surface area (Å²) < 4.78 is 1.10. The van der Waals surface area contributed by atoms with Gasteiger partial charge in [0.2, 0.25) is 0 Å². The maximum atomic E-state index is 6.17. The number of rotatable bonds is 5. The van der Waals surface area contributed by atoms with Gasteiger partial charge < -0.3 is 0 Å². The van der Waals surface area contributed by atoms with Crippen LogP contribution in [0.4, 0.5) is 0 Å². The van der Waals surface area contributed by atoms with Gasteiger partial charge in [0.05, 0.1) is 0 Å². The number of nitrogens with zero attached hydrogens (tertiary/aromatic N) is 1. The van der Waals surface area contributed by atoms with Gasteiger partial charge in [-0.05, 0) is 85.3 Å². The Bertz CT molecular complexity index is 858. The van der Waals surface area contributed by atoms with Crippen molar-refractivity contribution in [2.45, 2.75) is 32.6 Å². The molecule has 0 N–H and O–H groups in total. The van der Waals surface area contributed by atoms with Crippen LogP contribution in [0.5, 0.6) is 0 Å². The van der Waals surface area contributed by atoms with Gasteiger partial charge in [-0.3, -0.25) is 4.98 Å². The molecule has 0 amide bonds. The lowest BCUT2D eigenvalue weighted by atomic mass is 9.84. The van der Waals surface area contributed by atoms with Crippen molar-refractivity contribution in [2.24, 2.45) is 0 Å². The minimum atomic E-state index is 0.346. The molecule has 0 aliphatic carbocycles. The topological polar surface area (TPSA) is 12.9 Å². The molecule has 1 atom stereocenters. The third kappa shape index (κ3) is 4.71. The van der Waals surface area contributed by atoms with Crippen LogP contribution in [0.25, 0.3) is 0 Å². The maximum Gasteiger partial charge on any atom is 0.0408 e. The Morgan fingerprint density at radius 3 is 2.44 bits per heavy atom. The first-order valence-corrected chi connectivity index (χ1v) is 9.63. The Hall–Kier alpha value is -1.64. The van der Waals surface area contributed by atoms with E-state index in [4.69, 9.17) is 11.6 Å². The van der Waals surface area contributed by atoms with E-state index in [1.54, 1.807) is 0 Å². The van der Waals surface area contributed by atoms with Crippen LogP contribution in [-0.2, 0) is 6.42 Å². The van der Waals surface area contributed by atoms with Gasteiger partial charge in [0.15, 0.2) is 0 Å². The first-order chi connectivity index (χ1) is 12.0. The second kappa shape index (κ2) is 8.16. The van der Waals surface area contributed by atoms with E-state index in [-0.39, 0.29) is 0 Å². The largest absolute Gasteiger partial charge is 0.262 e. The minimum Gasteiger partial charge on any atom is -0.262 e. The molecule has 3 heteroatoms. The zero-order chi connectivity index (χ0) is 17.8. The molecule has 0 aliphatic heterocycles. The van der Waals surface area contributed by atoms with E-state index in [0.717, 1.165) is 28.0 Å². The number of halogens is 2. The third-order valence-corrected chi connectivity index (χ3v) is 5.33. The molecule has 1 nitrogen and oxygen atoms in total. The van der Waals surface area contributed by atoms with Crippen molar-refractivity contribution in [3.8, 4) is 0 Å². The minimum absolute atomic E-state index is 0.346. The molecule has 0 unspecified atom stereocenters. The molecule has 0 aliphatic rings. The summed E-state index contributed by atoms with van der Waals surface area (Å²) in [6, 6.07) is 19.1. The zero-order valence-electron chi connectivity index (χ0n) is 14.5. The van der Waals surface area contributed by atoms with Crippen molar-refractivity contribution in [3.05, 3.63) is 98.2 Å². The summed E-state index contributed by atoms with van der Waals surface area (Å²) in [5, 5.41) is 0.792. The quantitative estimate of drug-likeness (QED) is 0.443. The number of pyridine rings is 1. The predicted molar refractivity (Wildman–Crippen MR) is 109 cm³/mol. The van der Waals surface area contributed by atoms with Gasteiger partial charge in [0, 0.05) is 27.3 Å². The van der Waals surface area contributed by atoms with Crippen molar-refractivity contribution >= 4 is 27.5 Å². The molecule has 0 spiro atoms. The average molecular weight is 415 g/mol. The van der Waals surface area contributed by atoms with E-state index in [1.807, 2.05) is 19.2 Å². The molecule has 25 heavy (non-hydrogen) atoms. The van der Waals surface area contributed by atoms with Gasteiger partial charge in [-0.2, -0.15) is 0 Å². The number of aryl methyl sites for hydroxylation is 3. The Kier molecular flexibility index (Phi) is 5.93. The first-order valence-electron chi connectivity index (χ1n) is 8.46. The van der Waals surface area contributed by atoms with Crippen molar-refractivity contribution in [3.63, 3.8) is 0 Å². The van der Waals surface area contributed by atoms with E-state index in [0.29, 0.717) is 5.92 Å². The Morgan fingerprint density at radius 2 is 1.76 bits per heavy atom. The van der Waals surface area contributed by atoms with Crippen molar-refractivity contribution in [1.82, 2.24) is 4.98 Å². The number of hydrogen-bond acceptors (Lipinski definition) is 1. The summed E-state index contributed by atoms with van der Waals surface area (Å²) in [5.74, 6) is 0.346. The standard InChI is InChI=1S/C22H21BrClN/c1-15-13-20(24)8-10-21(15)22(18-4-6-19(23)7-5-18)9-3-17-11-12-25-16(2)14-17/h4-8,10-14,22H,3,9H2,1-2H3/t22-/m0/s1. The van der Waals surface area contributed by atoms with Gasteiger partial charge in [-0.25, -0.2) is 0 Å². The summed E-state index contributed by atoms with van der Waals surface area (Å²) in [5.41, 5.74) is 6.32. The van der Waals surface area contributed by atoms with Crippen LogP contribution in [0, 0.1) is 13.8 Å². The van der Waals surface area contributed by atoms with Crippen molar-refractivity contribution in [2.75, 3.05) is 0 Å². The smallest absolute Gasteiger partial charge is 0.0408 e. The first kappa shape index (κ1) is 18.2. The second-order valence-corrected chi connectivity index (χ2v) is 7.80. The maximum absolute atomic E-state index is 6.17. The number of aromatic nitrogens is 1. The lowest BCUT2D eigenvalue weighted by Gasteiger charge is -2.21. The van der Waals surface area contributed by atoms with Crippen LogP contribution in [-0.4, -0.2) is 4.98 Å². The van der Waals surface area contributed by atoms with Crippen LogP contribution < -0.4 is 0 Å². The van der Waals surface area contributed by atoms with E-state index in [9.17, 15) is 0 Å². The molecule has 0 bridgehead atoms. The van der Waals surface area contributed by atoms with Gasteiger partial charge in [0.25, 0.3) is 0 Å². The van der Waals surface area contributed by atoms with Crippen molar-refractivity contribution < 1.29 is 0 Å². The SMILES string of the molecule is Cc1cc(CC[C@@H](c2ccc(Br)cc2)c2ccc(Cl)cc2C)ccn1. The van der Waals surface area contributed by atoms with Crippen LogP contribution >= 0.6 is 27.5 Å². The molecule has 1 aromatic heterocycles. The molecule has 2 aromatic carbocycles. The highest BCUT2D eigenvalue weighted by Crippen LogP contribution is 2.33. The number of benzene rings is 2. The van der Waals surface area contributed by atoms with E-state index in [2.05, 4.69) is 76.4 Å². The van der Waals surface area contributed by atoms with E-state index >= 15 is 0 Å². The zero-order valence-corrected chi connectivity index (χ0v) is 16.8. The van der Waals surface area contributed by atoms with Gasteiger partial charge in [-0.15, -0.1) is 0 Å². The van der Waals surface area contributed by atoms with Gasteiger partial charge >= 0.3 is 0 Å². The summed E-state index contributed by atoms with van der Waals surface area (Å²) in [4.78, 5) is 4.30. The van der Waals surface area contributed by atoms with E-state index in [1.165, 1.54) is 22.3 Å². The Morgan fingerprint density at radius 1 is 1.00 bits per heavy atom. The summed E-state index contributed by atoms with van der Waals surface area (Å²) in [7, 11) is 0. The monoisotopic (exact) mass is 413 g/mol. The second-order valence-electron chi connectivity index (χ2n) is 6.45. The molecule has 128 valence electrons. The molecule has 3 aromatic rings. The van der Waals surface area contributed by atoms with Gasteiger partial charge in [0.1, 0.15) is 0 Å². The van der Waals surface area contributed by atoms with Crippen LogP contribution in [0.1, 0.15) is 40.3 Å². The Labute approximate surface area is 163 Å². The summed E-state index contributed by atoms with van der Waals surface area (Å²) in [6.07, 6.45) is 3.96. The molecular formula is C22H21BrClN. The fourth-order valence-electron chi connectivity index (χ4n) is 3.30. The predicted octanol–water partition coefficient (Wildman–Crippen LogP) is 6.88. The summed E-state index contributed by atoms with van der Waals surface area (Å²) in [6.45, 7) is 4.18. The third-order valence-electron chi connectivity index (χ3n) is 4.56. The summed E-state index contributed by atoms with van der Waals surface area (Å²) >= 11 is 9.70. The number of hydrogen-bond donors (Lipinski definition) is 0. The molecule has 1 heterocycles. The van der Waals surface area contributed by atoms with Crippen LogP contribution in [0.15, 0.2) is 65.3 Å². The fraction of sp³-hybridized carbons (Fsp3) is 0.227. The van der Waals surface area contributed by atoms with Crippen LogP contribution in [0.2, 0.25) is 5.02 Å².